The Morgan fingerprint density at radius 3 is 2.50 bits per heavy atom. The molecule has 0 spiro atoms. The summed E-state index contributed by atoms with van der Waals surface area (Å²) in [7, 11) is -0.751. The molecule has 0 bridgehead atoms. The number of carbonyl (C=O) groups is 2. The van der Waals surface area contributed by atoms with Crippen LogP contribution in [-0.4, -0.2) is 56.3 Å². The van der Waals surface area contributed by atoms with Crippen molar-refractivity contribution in [2.24, 2.45) is 0 Å². The van der Waals surface area contributed by atoms with Crippen molar-refractivity contribution in [1.82, 2.24) is 10.2 Å². The third kappa shape index (κ3) is 3.01. The molecule has 0 aromatic heterocycles. The van der Waals surface area contributed by atoms with Crippen LogP contribution in [0.2, 0.25) is 0 Å². The minimum absolute atomic E-state index is 0.0326. The lowest BCUT2D eigenvalue weighted by Crippen LogP contribution is -2.50. The van der Waals surface area contributed by atoms with E-state index >= 15 is 0 Å². The van der Waals surface area contributed by atoms with E-state index in [1.54, 1.807) is 0 Å². The predicted molar refractivity (Wildman–Crippen MR) is 66.8 cm³/mol. The van der Waals surface area contributed by atoms with Crippen molar-refractivity contribution in [3.63, 3.8) is 0 Å². The van der Waals surface area contributed by atoms with Crippen molar-refractivity contribution < 1.29 is 18.9 Å². The number of nitrogens with zero attached hydrogens (tertiary/aromatic N) is 1. The van der Waals surface area contributed by atoms with Gasteiger partial charge in [-0.3, -0.25) is 4.21 Å². The maximum atomic E-state index is 12.0. The zero-order chi connectivity index (χ0) is 13.1. The number of amides is 2. The molecular weight excluding hydrogens is 256 g/mol. The number of urea groups is 1. The van der Waals surface area contributed by atoms with E-state index in [4.69, 9.17) is 5.11 Å². The second kappa shape index (κ2) is 5.69. The van der Waals surface area contributed by atoms with Crippen molar-refractivity contribution in [3.8, 4) is 0 Å². The first-order chi connectivity index (χ1) is 8.58. The molecule has 2 aliphatic rings. The van der Waals surface area contributed by atoms with E-state index in [0.717, 1.165) is 6.42 Å². The normalized spacial score (nSPS) is 32.2. The van der Waals surface area contributed by atoms with Gasteiger partial charge in [-0.2, -0.15) is 0 Å². The summed E-state index contributed by atoms with van der Waals surface area (Å²) in [6.45, 7) is 0.501. The molecule has 6 nitrogen and oxygen atoms in total. The Kier molecular flexibility index (Phi) is 4.21. The molecule has 0 radical (unpaired) electrons. The topological polar surface area (TPSA) is 86.7 Å². The van der Waals surface area contributed by atoms with Crippen molar-refractivity contribution in [2.45, 2.75) is 37.8 Å². The molecule has 2 N–H and O–H groups in total. The fourth-order valence-corrected chi connectivity index (χ4v) is 3.76. The number of hydrogen-bond donors (Lipinski definition) is 2. The summed E-state index contributed by atoms with van der Waals surface area (Å²) in [6.07, 6.45) is 2.68. The van der Waals surface area contributed by atoms with E-state index in [2.05, 4.69) is 5.32 Å². The predicted octanol–water partition coefficient (Wildman–Crippen LogP) is 0.156. The van der Waals surface area contributed by atoms with Gasteiger partial charge in [-0.1, -0.05) is 0 Å². The number of rotatable bonds is 2. The van der Waals surface area contributed by atoms with Gasteiger partial charge >= 0.3 is 12.0 Å². The average molecular weight is 274 g/mol. The second-order valence-corrected chi connectivity index (χ2v) is 6.46. The highest BCUT2D eigenvalue weighted by Crippen LogP contribution is 2.18. The van der Waals surface area contributed by atoms with Crippen LogP contribution in [0.5, 0.6) is 0 Å². The smallest absolute Gasteiger partial charge is 0.326 e. The zero-order valence-electron chi connectivity index (χ0n) is 10.1. The monoisotopic (exact) mass is 274 g/mol. The Bertz CT molecular complexity index is 364. The van der Waals surface area contributed by atoms with Crippen LogP contribution in [-0.2, 0) is 15.6 Å². The molecule has 2 saturated heterocycles. The summed E-state index contributed by atoms with van der Waals surface area (Å²) in [4.78, 5) is 24.4. The summed E-state index contributed by atoms with van der Waals surface area (Å²) in [5.74, 6) is 0.299. The second-order valence-electron chi connectivity index (χ2n) is 4.76. The molecule has 0 aromatic carbocycles. The van der Waals surface area contributed by atoms with Crippen LogP contribution >= 0.6 is 0 Å². The van der Waals surface area contributed by atoms with Crippen molar-refractivity contribution in [2.75, 3.05) is 18.1 Å². The number of aliphatic carboxylic acids is 1. The Morgan fingerprint density at radius 2 is 1.89 bits per heavy atom. The van der Waals surface area contributed by atoms with Gasteiger partial charge in [0.1, 0.15) is 6.04 Å². The Balaban J connectivity index is 1.87. The fourth-order valence-electron chi connectivity index (χ4n) is 2.46. The maximum Gasteiger partial charge on any atom is 0.326 e. The quantitative estimate of drug-likeness (QED) is 0.751. The standard InChI is InChI=1S/C11H18N2O4S/c14-10(15)9-2-1-5-13(9)11(16)12-8-3-6-18(17)7-4-8/h8-9H,1-7H2,(H,12,16)(H,14,15). The molecule has 2 amide bonds. The Hall–Kier alpha value is -1.11. The van der Waals surface area contributed by atoms with Crippen LogP contribution in [0.15, 0.2) is 0 Å². The number of nitrogens with one attached hydrogen (secondary N) is 1. The van der Waals surface area contributed by atoms with Gasteiger partial charge in [0.2, 0.25) is 0 Å². The van der Waals surface area contributed by atoms with E-state index in [9.17, 15) is 13.8 Å². The van der Waals surface area contributed by atoms with Gasteiger partial charge < -0.3 is 15.3 Å². The van der Waals surface area contributed by atoms with Crippen molar-refractivity contribution >= 4 is 22.8 Å². The number of carbonyl (C=O) groups excluding carboxylic acids is 1. The zero-order valence-corrected chi connectivity index (χ0v) is 10.9. The molecule has 0 saturated carbocycles. The lowest BCUT2D eigenvalue weighted by Gasteiger charge is -2.27. The molecule has 1 unspecified atom stereocenters. The molecule has 0 aliphatic carbocycles. The first-order valence-electron chi connectivity index (χ1n) is 6.23. The van der Waals surface area contributed by atoms with E-state index < -0.39 is 22.8 Å². The summed E-state index contributed by atoms with van der Waals surface area (Å²) >= 11 is 0. The Morgan fingerprint density at radius 1 is 1.22 bits per heavy atom. The van der Waals surface area contributed by atoms with Crippen molar-refractivity contribution in [3.05, 3.63) is 0 Å². The first-order valence-corrected chi connectivity index (χ1v) is 7.71. The average Bonchev–Trinajstić information content (AvgIpc) is 2.81. The van der Waals surface area contributed by atoms with Gasteiger partial charge in [-0.25, -0.2) is 9.59 Å². The fraction of sp³-hybridized carbons (Fsp3) is 0.818. The molecule has 2 rings (SSSR count). The third-order valence-corrected chi connectivity index (χ3v) is 4.90. The minimum Gasteiger partial charge on any atom is -0.480 e. The van der Waals surface area contributed by atoms with E-state index in [0.29, 0.717) is 37.3 Å². The summed E-state index contributed by atoms with van der Waals surface area (Å²) in [5, 5.41) is 11.9. The Labute approximate surface area is 108 Å². The number of likely N-dealkylation sites (tertiary alicyclic amines) is 1. The first kappa shape index (κ1) is 13.3. The van der Waals surface area contributed by atoms with Gasteiger partial charge in [0.15, 0.2) is 0 Å². The largest absolute Gasteiger partial charge is 0.480 e. The summed E-state index contributed by atoms with van der Waals surface area (Å²) in [6, 6.07) is -0.953. The van der Waals surface area contributed by atoms with Crippen molar-refractivity contribution in [1.29, 1.82) is 0 Å². The van der Waals surface area contributed by atoms with Crippen LogP contribution in [0, 0.1) is 0 Å². The van der Waals surface area contributed by atoms with Crippen LogP contribution in [0.25, 0.3) is 0 Å². The minimum atomic E-state index is -0.938. The molecule has 102 valence electrons. The lowest BCUT2D eigenvalue weighted by atomic mass is 10.1. The molecule has 2 heterocycles. The van der Waals surface area contributed by atoms with E-state index in [1.807, 2.05) is 0 Å². The van der Waals surface area contributed by atoms with Crippen LogP contribution in [0.3, 0.4) is 0 Å². The molecular formula is C11H18N2O4S. The third-order valence-electron chi connectivity index (χ3n) is 3.51. The number of hydrogen-bond acceptors (Lipinski definition) is 3. The van der Waals surface area contributed by atoms with Gasteiger partial charge in [0.25, 0.3) is 0 Å². The van der Waals surface area contributed by atoms with Gasteiger partial charge in [0, 0.05) is 34.9 Å². The molecule has 2 aliphatic heterocycles. The van der Waals surface area contributed by atoms with Crippen LogP contribution in [0.1, 0.15) is 25.7 Å². The molecule has 18 heavy (non-hydrogen) atoms. The van der Waals surface area contributed by atoms with Crippen LogP contribution < -0.4 is 5.32 Å². The number of carboxylic acids is 1. The lowest BCUT2D eigenvalue weighted by molar-refractivity contribution is -0.141. The molecule has 7 heteroatoms. The number of carboxylic acid groups (broad SMARTS) is 1. The molecule has 0 aromatic rings. The van der Waals surface area contributed by atoms with Crippen LogP contribution in [0.4, 0.5) is 4.79 Å². The highest BCUT2D eigenvalue weighted by Gasteiger charge is 2.34. The van der Waals surface area contributed by atoms with E-state index in [1.165, 1.54) is 4.90 Å². The van der Waals surface area contributed by atoms with Gasteiger partial charge in [-0.15, -0.1) is 0 Å². The SMILES string of the molecule is O=C(O)C1CCCN1C(=O)NC1CCS(=O)CC1. The maximum absolute atomic E-state index is 12.0. The highest BCUT2D eigenvalue weighted by molar-refractivity contribution is 7.85. The van der Waals surface area contributed by atoms with Gasteiger partial charge in [0.05, 0.1) is 0 Å². The molecule has 1 atom stereocenters. The summed E-state index contributed by atoms with van der Waals surface area (Å²) in [5.41, 5.74) is 0. The highest BCUT2D eigenvalue weighted by atomic mass is 32.2. The van der Waals surface area contributed by atoms with E-state index in [-0.39, 0.29) is 12.1 Å². The van der Waals surface area contributed by atoms with Gasteiger partial charge in [-0.05, 0) is 25.7 Å². The summed E-state index contributed by atoms with van der Waals surface area (Å²) < 4.78 is 11.2. The molecule has 2 fully saturated rings.